The number of benzene rings is 1. The molecule has 11 heteroatoms. The van der Waals surface area contributed by atoms with Crippen LogP contribution in [0.15, 0.2) is 34.4 Å². The molecule has 0 aromatic heterocycles. The molecule has 3 rings (SSSR count). The molecule has 3 unspecified atom stereocenters. The summed E-state index contributed by atoms with van der Waals surface area (Å²) in [4.78, 5) is 31.2. The van der Waals surface area contributed by atoms with Crippen LogP contribution in [0.4, 0.5) is 4.79 Å². The van der Waals surface area contributed by atoms with Gasteiger partial charge in [-0.25, -0.2) is 15.2 Å². The largest absolute Gasteiger partial charge is 0.394 e. The predicted octanol–water partition coefficient (Wildman–Crippen LogP) is -0.835. The van der Waals surface area contributed by atoms with Crippen LogP contribution in [0, 0.1) is 0 Å². The Kier molecular flexibility index (Phi) is 5.59. The van der Waals surface area contributed by atoms with Crippen molar-refractivity contribution >= 4 is 35.7 Å². The summed E-state index contributed by atoms with van der Waals surface area (Å²) in [5.41, 5.74) is 3.53. The number of carbonyl (C=O) groups is 2. The molecule has 1 aromatic rings. The highest BCUT2D eigenvalue weighted by molar-refractivity contribution is 6.30. The molecule has 2 aliphatic heterocycles. The fourth-order valence-electron chi connectivity index (χ4n) is 2.82. The van der Waals surface area contributed by atoms with Gasteiger partial charge in [0.2, 0.25) is 5.96 Å². The fraction of sp³-hybridized carbons (Fsp3) is 0.375. The zero-order valence-electron chi connectivity index (χ0n) is 14.4. The van der Waals surface area contributed by atoms with Crippen LogP contribution in [-0.2, 0) is 4.79 Å². The maximum absolute atomic E-state index is 12.3. The first-order valence-electron chi connectivity index (χ1n) is 8.16. The number of imide groups is 1. The normalized spacial score (nSPS) is 23.3. The molecule has 4 N–H and O–H groups in total. The minimum atomic E-state index is -1.09. The summed E-state index contributed by atoms with van der Waals surface area (Å²) in [6.45, 7) is -0.541. The van der Waals surface area contributed by atoms with Gasteiger partial charge in [-0.3, -0.25) is 10.1 Å². The SMILES string of the molecule is CN1C(=O)NC(=O)C2C1N=C(N/N=C/c1ccc(Cl)cc1)N2CC(O)CO. The zero-order valence-corrected chi connectivity index (χ0v) is 15.2. The molecule has 3 atom stereocenters. The number of β-amino-alcohol motifs (C(OH)–C–C–N with tert-alkyl or cyclic N) is 1. The van der Waals surface area contributed by atoms with E-state index >= 15 is 0 Å². The number of hydrogen-bond acceptors (Lipinski definition) is 8. The van der Waals surface area contributed by atoms with Crippen molar-refractivity contribution in [3.8, 4) is 0 Å². The summed E-state index contributed by atoms with van der Waals surface area (Å²) in [5, 5.41) is 25.9. The van der Waals surface area contributed by atoms with Crippen LogP contribution in [0.1, 0.15) is 5.56 Å². The van der Waals surface area contributed by atoms with Crippen LogP contribution in [0.3, 0.4) is 0 Å². The van der Waals surface area contributed by atoms with Crippen LogP contribution >= 0.6 is 11.6 Å². The van der Waals surface area contributed by atoms with E-state index < -0.39 is 36.9 Å². The van der Waals surface area contributed by atoms with E-state index in [9.17, 15) is 14.7 Å². The van der Waals surface area contributed by atoms with Gasteiger partial charge in [-0.2, -0.15) is 5.10 Å². The maximum Gasteiger partial charge on any atom is 0.325 e. The van der Waals surface area contributed by atoms with Crippen molar-refractivity contribution in [2.75, 3.05) is 20.2 Å². The molecule has 144 valence electrons. The minimum Gasteiger partial charge on any atom is -0.394 e. The van der Waals surface area contributed by atoms with Crippen molar-refractivity contribution in [3.05, 3.63) is 34.9 Å². The van der Waals surface area contributed by atoms with Gasteiger partial charge in [-0.15, -0.1) is 0 Å². The first-order valence-corrected chi connectivity index (χ1v) is 8.54. The molecule has 3 amide bonds. The number of aliphatic hydroxyl groups excluding tert-OH is 2. The first kappa shape index (κ1) is 19.1. The number of nitrogens with one attached hydrogen (secondary N) is 2. The van der Waals surface area contributed by atoms with Crippen LogP contribution < -0.4 is 10.7 Å². The van der Waals surface area contributed by atoms with Gasteiger partial charge in [-0.05, 0) is 17.7 Å². The highest BCUT2D eigenvalue weighted by Crippen LogP contribution is 2.23. The lowest BCUT2D eigenvalue weighted by atomic mass is 10.1. The zero-order chi connectivity index (χ0) is 19.6. The molecule has 1 aromatic carbocycles. The van der Waals surface area contributed by atoms with E-state index in [0.717, 1.165) is 5.56 Å². The van der Waals surface area contributed by atoms with Gasteiger partial charge in [0.25, 0.3) is 5.91 Å². The molecule has 27 heavy (non-hydrogen) atoms. The smallest absolute Gasteiger partial charge is 0.325 e. The minimum absolute atomic E-state index is 0.0601. The van der Waals surface area contributed by atoms with Gasteiger partial charge in [0.05, 0.1) is 25.5 Å². The summed E-state index contributed by atoms with van der Waals surface area (Å²) in [6, 6.07) is 5.60. The number of rotatable bonds is 5. The summed E-state index contributed by atoms with van der Waals surface area (Å²) in [6.07, 6.45) is -0.312. The lowest BCUT2D eigenvalue weighted by Crippen LogP contribution is -2.64. The molecule has 0 spiro atoms. The molecule has 2 heterocycles. The van der Waals surface area contributed by atoms with Gasteiger partial charge in [0.1, 0.15) is 0 Å². The maximum atomic E-state index is 12.3. The number of aliphatic hydroxyl groups is 2. The number of guanidine groups is 1. The Balaban J connectivity index is 1.80. The third-order valence-electron chi connectivity index (χ3n) is 4.23. The Labute approximate surface area is 160 Å². The second-order valence-corrected chi connectivity index (χ2v) is 6.56. The van der Waals surface area contributed by atoms with E-state index in [1.54, 1.807) is 24.3 Å². The number of hydrazone groups is 1. The van der Waals surface area contributed by atoms with E-state index in [2.05, 4.69) is 20.8 Å². The molecule has 0 bridgehead atoms. The Bertz CT molecular complexity index is 784. The second-order valence-electron chi connectivity index (χ2n) is 6.13. The fourth-order valence-corrected chi connectivity index (χ4v) is 2.94. The van der Waals surface area contributed by atoms with E-state index in [4.69, 9.17) is 16.7 Å². The predicted molar refractivity (Wildman–Crippen MR) is 98.3 cm³/mol. The summed E-state index contributed by atoms with van der Waals surface area (Å²) < 4.78 is 0. The Morgan fingerprint density at radius 3 is 2.78 bits per heavy atom. The molecule has 1 saturated heterocycles. The van der Waals surface area contributed by atoms with E-state index in [-0.39, 0.29) is 12.5 Å². The molecular formula is C16H19ClN6O4. The Morgan fingerprint density at radius 2 is 2.11 bits per heavy atom. The quantitative estimate of drug-likeness (QED) is 0.381. The number of halogens is 1. The van der Waals surface area contributed by atoms with Crippen LogP contribution in [-0.4, -0.2) is 82.6 Å². The number of carbonyl (C=O) groups excluding carboxylic acids is 2. The standard InChI is InChI=1S/C16H19ClN6O4/c1-22-13-12(14(26)20-16(22)27)23(7-11(25)8-24)15(19-13)21-18-6-9-2-4-10(17)5-3-9/h2-6,11-13,24-25H,7-8H2,1H3,(H,19,21)(H,20,26,27)/b18-6+. The molecule has 10 nitrogen and oxygen atoms in total. The first-order chi connectivity index (χ1) is 12.9. The Hall–Kier alpha value is -2.69. The lowest BCUT2D eigenvalue weighted by molar-refractivity contribution is -0.127. The van der Waals surface area contributed by atoms with Crippen molar-refractivity contribution in [2.45, 2.75) is 18.3 Å². The number of aliphatic imine (C=N–C) groups is 1. The number of hydrogen-bond donors (Lipinski definition) is 4. The van der Waals surface area contributed by atoms with E-state index in [1.165, 1.54) is 23.1 Å². The summed E-state index contributed by atoms with van der Waals surface area (Å²) >= 11 is 5.84. The van der Waals surface area contributed by atoms with Crippen LogP contribution in [0.5, 0.6) is 0 Å². The monoisotopic (exact) mass is 394 g/mol. The van der Waals surface area contributed by atoms with Gasteiger partial charge in [-0.1, -0.05) is 23.7 Å². The topological polar surface area (TPSA) is 130 Å². The highest BCUT2D eigenvalue weighted by Gasteiger charge is 2.49. The van der Waals surface area contributed by atoms with Gasteiger partial charge in [0, 0.05) is 12.1 Å². The average Bonchev–Trinajstić information content (AvgIpc) is 3.00. The van der Waals surface area contributed by atoms with Crippen molar-refractivity contribution in [1.29, 1.82) is 0 Å². The van der Waals surface area contributed by atoms with Gasteiger partial charge in [0.15, 0.2) is 12.2 Å². The van der Waals surface area contributed by atoms with Crippen molar-refractivity contribution in [3.63, 3.8) is 0 Å². The van der Waals surface area contributed by atoms with Crippen molar-refractivity contribution in [2.24, 2.45) is 10.1 Å². The third kappa shape index (κ3) is 4.02. The number of likely N-dealkylation sites (N-methyl/N-ethyl adjacent to an activating group) is 1. The van der Waals surface area contributed by atoms with Gasteiger partial charge >= 0.3 is 6.03 Å². The van der Waals surface area contributed by atoms with Gasteiger partial charge < -0.3 is 20.0 Å². The number of urea groups is 1. The third-order valence-corrected chi connectivity index (χ3v) is 4.48. The molecule has 0 aliphatic carbocycles. The van der Waals surface area contributed by atoms with Crippen molar-refractivity contribution < 1.29 is 19.8 Å². The number of nitrogens with zero attached hydrogens (tertiary/aromatic N) is 4. The summed E-state index contributed by atoms with van der Waals surface area (Å²) in [7, 11) is 1.52. The molecule has 1 fully saturated rings. The second kappa shape index (κ2) is 7.91. The molecule has 0 saturated carbocycles. The lowest BCUT2D eigenvalue weighted by Gasteiger charge is -2.36. The van der Waals surface area contributed by atoms with Crippen LogP contribution in [0.25, 0.3) is 0 Å². The molecule has 2 aliphatic rings. The van der Waals surface area contributed by atoms with Crippen molar-refractivity contribution in [1.82, 2.24) is 20.5 Å². The van der Waals surface area contributed by atoms with Crippen LogP contribution in [0.2, 0.25) is 5.02 Å². The number of fused-ring (bicyclic) bond motifs is 1. The Morgan fingerprint density at radius 1 is 1.41 bits per heavy atom. The van der Waals surface area contributed by atoms with E-state index in [1.807, 2.05) is 0 Å². The molecule has 0 radical (unpaired) electrons. The summed E-state index contributed by atoms with van der Waals surface area (Å²) in [5.74, 6) is -0.324. The average molecular weight is 395 g/mol. The number of amides is 3. The van der Waals surface area contributed by atoms with E-state index in [0.29, 0.717) is 5.02 Å². The highest BCUT2D eigenvalue weighted by atomic mass is 35.5. The molecular weight excluding hydrogens is 376 g/mol.